The molecular weight excluding hydrogens is 416 g/mol. The average molecular weight is 424 g/mol. The van der Waals surface area contributed by atoms with Gasteiger partial charge in [-0.05, 0) is 57.1 Å². The Morgan fingerprint density at radius 1 is 1.41 bits per heavy atom. The van der Waals surface area contributed by atoms with Crippen LogP contribution in [0.4, 0.5) is 0 Å². The molecule has 0 atom stereocenters. The van der Waals surface area contributed by atoms with Crippen molar-refractivity contribution < 1.29 is 0 Å². The maximum atomic E-state index is 6.10. The molecule has 0 unspecified atom stereocenters. The summed E-state index contributed by atoms with van der Waals surface area (Å²) in [5.41, 5.74) is 1.65. The SMILES string of the molecule is CCc1nc(-c2ncccc2Br)nc(Cl)c1I. The monoisotopic (exact) mass is 423 g/mol. The van der Waals surface area contributed by atoms with E-state index >= 15 is 0 Å². The van der Waals surface area contributed by atoms with E-state index in [-0.39, 0.29) is 0 Å². The molecule has 88 valence electrons. The number of aryl methyl sites for hydroxylation is 1. The van der Waals surface area contributed by atoms with Gasteiger partial charge in [0.1, 0.15) is 10.8 Å². The molecule has 0 saturated carbocycles. The molecule has 0 amide bonds. The molecule has 0 aliphatic heterocycles. The highest BCUT2D eigenvalue weighted by Crippen LogP contribution is 2.27. The zero-order chi connectivity index (χ0) is 12.4. The van der Waals surface area contributed by atoms with Crippen LogP contribution in [0.15, 0.2) is 22.8 Å². The number of hydrogen-bond donors (Lipinski definition) is 0. The summed E-state index contributed by atoms with van der Waals surface area (Å²) in [5.74, 6) is 0.555. The highest BCUT2D eigenvalue weighted by atomic mass is 127. The van der Waals surface area contributed by atoms with Gasteiger partial charge in [-0.3, -0.25) is 4.98 Å². The van der Waals surface area contributed by atoms with Crippen molar-refractivity contribution in [2.75, 3.05) is 0 Å². The predicted octanol–water partition coefficient (Wildman–Crippen LogP) is 4.12. The second-order valence-corrected chi connectivity index (χ2v) is 5.58. The van der Waals surface area contributed by atoms with Gasteiger partial charge in [-0.1, -0.05) is 18.5 Å². The van der Waals surface area contributed by atoms with E-state index in [1.54, 1.807) is 6.20 Å². The van der Waals surface area contributed by atoms with E-state index < -0.39 is 0 Å². The molecule has 2 aromatic heterocycles. The Balaban J connectivity index is 2.61. The lowest BCUT2D eigenvalue weighted by Crippen LogP contribution is -2.01. The molecule has 2 aromatic rings. The summed E-state index contributed by atoms with van der Waals surface area (Å²) in [6.07, 6.45) is 2.53. The largest absolute Gasteiger partial charge is 0.252 e. The first-order chi connectivity index (χ1) is 8.13. The van der Waals surface area contributed by atoms with Crippen molar-refractivity contribution >= 4 is 50.1 Å². The second kappa shape index (κ2) is 5.58. The van der Waals surface area contributed by atoms with Crippen LogP contribution < -0.4 is 0 Å². The Bertz CT molecular complexity index is 562. The first kappa shape index (κ1) is 13.2. The lowest BCUT2D eigenvalue weighted by molar-refractivity contribution is 0.981. The van der Waals surface area contributed by atoms with Crippen molar-refractivity contribution in [3.8, 4) is 11.5 Å². The molecule has 2 rings (SSSR count). The molecule has 0 fully saturated rings. The molecule has 17 heavy (non-hydrogen) atoms. The van der Waals surface area contributed by atoms with E-state index in [2.05, 4.69) is 53.5 Å². The molecule has 0 bridgehead atoms. The molecule has 0 N–H and O–H groups in total. The third kappa shape index (κ3) is 2.77. The summed E-state index contributed by atoms with van der Waals surface area (Å²) >= 11 is 11.7. The minimum atomic E-state index is 0.477. The number of pyridine rings is 1. The van der Waals surface area contributed by atoms with Gasteiger partial charge in [-0.25, -0.2) is 9.97 Å². The zero-order valence-corrected chi connectivity index (χ0v) is 13.4. The molecular formula is C11H8BrClIN3. The lowest BCUT2D eigenvalue weighted by atomic mass is 10.3. The van der Waals surface area contributed by atoms with Crippen LogP contribution in [0.25, 0.3) is 11.5 Å². The fourth-order valence-corrected chi connectivity index (χ4v) is 2.60. The highest BCUT2D eigenvalue weighted by Gasteiger charge is 2.13. The number of rotatable bonds is 2. The fraction of sp³-hybridized carbons (Fsp3) is 0.182. The van der Waals surface area contributed by atoms with Crippen molar-refractivity contribution in [2.24, 2.45) is 0 Å². The lowest BCUT2D eigenvalue weighted by Gasteiger charge is -2.07. The van der Waals surface area contributed by atoms with Gasteiger partial charge in [0.2, 0.25) is 0 Å². The van der Waals surface area contributed by atoms with Crippen LogP contribution in [-0.4, -0.2) is 15.0 Å². The Labute approximate surface area is 126 Å². The van der Waals surface area contributed by atoms with Crippen molar-refractivity contribution in [1.29, 1.82) is 0 Å². The van der Waals surface area contributed by atoms with Gasteiger partial charge < -0.3 is 0 Å². The van der Waals surface area contributed by atoms with Gasteiger partial charge in [-0.2, -0.15) is 0 Å². The van der Waals surface area contributed by atoms with Crippen LogP contribution in [0.1, 0.15) is 12.6 Å². The fourth-order valence-electron chi connectivity index (χ4n) is 1.35. The van der Waals surface area contributed by atoms with Gasteiger partial charge in [0.25, 0.3) is 0 Å². The van der Waals surface area contributed by atoms with E-state index in [0.717, 1.165) is 20.2 Å². The number of aromatic nitrogens is 3. The first-order valence-corrected chi connectivity index (χ1v) is 7.21. The normalized spacial score (nSPS) is 10.6. The molecule has 3 nitrogen and oxygen atoms in total. The molecule has 0 aliphatic rings. The standard InChI is InChI=1S/C11H8BrClIN3/c1-2-7-8(14)10(13)17-11(16-7)9-6(12)4-3-5-15-9/h3-5H,2H2,1H3. The molecule has 0 aliphatic carbocycles. The Kier molecular flexibility index (Phi) is 4.32. The van der Waals surface area contributed by atoms with E-state index in [4.69, 9.17) is 11.6 Å². The van der Waals surface area contributed by atoms with Gasteiger partial charge in [-0.15, -0.1) is 0 Å². The predicted molar refractivity (Wildman–Crippen MR) is 80.1 cm³/mol. The minimum absolute atomic E-state index is 0.477. The molecule has 0 spiro atoms. The molecule has 0 aromatic carbocycles. The molecule has 0 radical (unpaired) electrons. The van der Waals surface area contributed by atoms with Gasteiger partial charge >= 0.3 is 0 Å². The third-order valence-electron chi connectivity index (χ3n) is 2.18. The average Bonchev–Trinajstić information content (AvgIpc) is 2.33. The van der Waals surface area contributed by atoms with E-state index in [9.17, 15) is 0 Å². The van der Waals surface area contributed by atoms with E-state index in [0.29, 0.717) is 16.7 Å². The molecule has 0 saturated heterocycles. The van der Waals surface area contributed by atoms with Crippen LogP contribution in [0.5, 0.6) is 0 Å². The summed E-state index contributed by atoms with van der Waals surface area (Å²) in [7, 11) is 0. The Morgan fingerprint density at radius 3 is 2.82 bits per heavy atom. The summed E-state index contributed by atoms with van der Waals surface area (Å²) in [6, 6.07) is 3.76. The first-order valence-electron chi connectivity index (χ1n) is 4.96. The van der Waals surface area contributed by atoms with E-state index in [1.165, 1.54) is 0 Å². The zero-order valence-electron chi connectivity index (χ0n) is 8.91. The van der Waals surface area contributed by atoms with Crippen molar-refractivity contribution in [1.82, 2.24) is 15.0 Å². The quantitative estimate of drug-likeness (QED) is 0.538. The van der Waals surface area contributed by atoms with Crippen molar-refractivity contribution in [2.45, 2.75) is 13.3 Å². The summed E-state index contributed by atoms with van der Waals surface area (Å²) in [5, 5.41) is 0.477. The number of nitrogens with zero attached hydrogens (tertiary/aromatic N) is 3. The summed E-state index contributed by atoms with van der Waals surface area (Å²) in [6.45, 7) is 2.04. The second-order valence-electron chi connectivity index (χ2n) is 3.29. The number of hydrogen-bond acceptors (Lipinski definition) is 3. The van der Waals surface area contributed by atoms with Crippen LogP contribution in [0.3, 0.4) is 0 Å². The van der Waals surface area contributed by atoms with E-state index in [1.807, 2.05) is 19.1 Å². The highest BCUT2D eigenvalue weighted by molar-refractivity contribution is 14.1. The maximum Gasteiger partial charge on any atom is 0.181 e. The van der Waals surface area contributed by atoms with Gasteiger partial charge in [0.05, 0.1) is 9.26 Å². The Morgan fingerprint density at radius 2 is 2.18 bits per heavy atom. The van der Waals surface area contributed by atoms with Crippen molar-refractivity contribution in [3.05, 3.63) is 37.2 Å². The Hall–Kier alpha value is -0.270. The maximum absolute atomic E-state index is 6.10. The molecule has 2 heterocycles. The van der Waals surface area contributed by atoms with Crippen LogP contribution >= 0.6 is 50.1 Å². The van der Waals surface area contributed by atoms with Gasteiger partial charge in [0.15, 0.2) is 5.82 Å². The third-order valence-corrected chi connectivity index (χ3v) is 4.55. The van der Waals surface area contributed by atoms with Gasteiger partial charge in [0, 0.05) is 10.7 Å². The smallest absolute Gasteiger partial charge is 0.181 e. The van der Waals surface area contributed by atoms with Crippen LogP contribution in [0.2, 0.25) is 5.15 Å². The molecule has 6 heteroatoms. The summed E-state index contributed by atoms with van der Waals surface area (Å²) in [4.78, 5) is 13.0. The summed E-state index contributed by atoms with van der Waals surface area (Å²) < 4.78 is 1.77. The van der Waals surface area contributed by atoms with Crippen molar-refractivity contribution in [3.63, 3.8) is 0 Å². The topological polar surface area (TPSA) is 38.7 Å². The van der Waals surface area contributed by atoms with Crippen LogP contribution in [-0.2, 0) is 6.42 Å². The van der Waals surface area contributed by atoms with Crippen LogP contribution in [0, 0.1) is 3.57 Å². The minimum Gasteiger partial charge on any atom is -0.252 e. The number of halogens is 3.